The van der Waals surface area contributed by atoms with Crippen molar-refractivity contribution in [3.8, 4) is 11.1 Å². The molecule has 0 aliphatic carbocycles. The normalized spacial score (nSPS) is 10.5. The van der Waals surface area contributed by atoms with Crippen LogP contribution < -0.4 is 16.6 Å². The van der Waals surface area contributed by atoms with Crippen molar-refractivity contribution in [3.63, 3.8) is 0 Å². The lowest BCUT2D eigenvalue weighted by Gasteiger charge is -2.11. The Kier molecular flexibility index (Phi) is 3.72. The van der Waals surface area contributed by atoms with Gasteiger partial charge in [0.15, 0.2) is 0 Å². The molecule has 0 spiro atoms. The van der Waals surface area contributed by atoms with Gasteiger partial charge in [0.1, 0.15) is 5.82 Å². The van der Waals surface area contributed by atoms with Gasteiger partial charge in [-0.05, 0) is 23.3 Å². The van der Waals surface area contributed by atoms with Crippen LogP contribution in [-0.4, -0.2) is 14.5 Å². The van der Waals surface area contributed by atoms with E-state index in [1.54, 1.807) is 0 Å². The lowest BCUT2D eigenvalue weighted by molar-refractivity contribution is 0.156. The average Bonchev–Trinajstić information content (AvgIpc) is 2.59. The monoisotopic (exact) mass is 309 g/mol. The van der Waals surface area contributed by atoms with Crippen molar-refractivity contribution < 1.29 is 5.21 Å². The first-order chi connectivity index (χ1) is 11.1. The summed E-state index contributed by atoms with van der Waals surface area (Å²) in [4.78, 5) is 23.2. The summed E-state index contributed by atoms with van der Waals surface area (Å²) in [6.45, 7) is 0. The number of nitrogens with zero attached hydrogens (tertiary/aromatic N) is 2. The quantitative estimate of drug-likeness (QED) is 0.727. The molecule has 3 aromatic rings. The molecule has 23 heavy (non-hydrogen) atoms. The molecule has 0 amide bonds. The van der Waals surface area contributed by atoms with E-state index >= 15 is 0 Å². The van der Waals surface area contributed by atoms with E-state index in [2.05, 4.69) is 5.32 Å². The molecule has 0 atom stereocenters. The van der Waals surface area contributed by atoms with Crippen LogP contribution in [0, 0.1) is 0 Å². The average molecular weight is 309 g/mol. The molecule has 1 heterocycles. The zero-order valence-electron chi connectivity index (χ0n) is 12.4. The highest BCUT2D eigenvalue weighted by Crippen LogP contribution is 2.22. The van der Waals surface area contributed by atoms with Gasteiger partial charge in [-0.2, -0.15) is 0 Å². The van der Waals surface area contributed by atoms with Crippen LogP contribution in [0.25, 0.3) is 11.1 Å². The molecule has 6 heteroatoms. The highest BCUT2D eigenvalue weighted by Gasteiger charge is 2.07. The summed E-state index contributed by atoms with van der Waals surface area (Å²) < 4.78 is 1.23. The van der Waals surface area contributed by atoms with Crippen molar-refractivity contribution >= 4 is 11.5 Å². The molecule has 0 saturated carbocycles. The molecule has 0 unspecified atom stereocenters. The van der Waals surface area contributed by atoms with E-state index in [1.165, 1.54) is 7.05 Å². The molecule has 2 aromatic carbocycles. The molecule has 1 aromatic heterocycles. The van der Waals surface area contributed by atoms with Crippen LogP contribution in [0.4, 0.5) is 11.5 Å². The lowest BCUT2D eigenvalue weighted by Crippen LogP contribution is -2.37. The van der Waals surface area contributed by atoms with E-state index < -0.39 is 11.2 Å². The lowest BCUT2D eigenvalue weighted by atomic mass is 10.1. The Morgan fingerprint density at radius 3 is 2.17 bits per heavy atom. The Bertz CT molecular complexity index is 942. The SMILES string of the molecule is Cn1c(Nc2ccc(-c3ccccc3)cc2)cc(=O)n(O)c1=O. The van der Waals surface area contributed by atoms with Crippen molar-refractivity contribution in [1.29, 1.82) is 0 Å². The second kappa shape index (κ2) is 5.84. The molecule has 0 radical (unpaired) electrons. The third-order valence-electron chi connectivity index (χ3n) is 3.56. The second-order valence-corrected chi connectivity index (χ2v) is 5.09. The highest BCUT2D eigenvalue weighted by molar-refractivity contribution is 5.67. The second-order valence-electron chi connectivity index (χ2n) is 5.09. The fourth-order valence-corrected chi connectivity index (χ4v) is 2.26. The van der Waals surface area contributed by atoms with Crippen LogP contribution in [0.2, 0.25) is 0 Å². The molecule has 0 fully saturated rings. The van der Waals surface area contributed by atoms with Gasteiger partial charge in [0.05, 0.1) is 0 Å². The number of rotatable bonds is 3. The third-order valence-corrected chi connectivity index (χ3v) is 3.56. The molecular formula is C17H15N3O3. The van der Waals surface area contributed by atoms with Crippen LogP contribution in [0.3, 0.4) is 0 Å². The van der Waals surface area contributed by atoms with Gasteiger partial charge in [0.2, 0.25) is 0 Å². The smallest absolute Gasteiger partial charge is 0.365 e. The van der Waals surface area contributed by atoms with Crippen LogP contribution >= 0.6 is 0 Å². The topological polar surface area (TPSA) is 76.3 Å². The van der Waals surface area contributed by atoms with Crippen molar-refractivity contribution in [2.75, 3.05) is 5.32 Å². The molecule has 0 aliphatic heterocycles. The minimum absolute atomic E-state index is 0.0731. The van der Waals surface area contributed by atoms with Crippen molar-refractivity contribution in [1.82, 2.24) is 9.30 Å². The number of benzene rings is 2. The van der Waals surface area contributed by atoms with E-state index in [0.717, 1.165) is 27.4 Å². The van der Waals surface area contributed by atoms with Gasteiger partial charge in [-0.3, -0.25) is 9.36 Å². The first kappa shape index (κ1) is 14.6. The summed E-state index contributed by atoms with van der Waals surface area (Å²) >= 11 is 0. The van der Waals surface area contributed by atoms with Crippen LogP contribution in [0.5, 0.6) is 0 Å². The molecule has 0 aliphatic rings. The molecule has 116 valence electrons. The largest absolute Gasteiger partial charge is 0.421 e. The fourth-order valence-electron chi connectivity index (χ4n) is 2.26. The molecule has 3 rings (SSSR count). The summed E-state index contributed by atoms with van der Waals surface area (Å²) in [6.07, 6.45) is 0. The predicted octanol–water partition coefficient (Wildman–Crippen LogP) is 2.19. The van der Waals surface area contributed by atoms with Crippen molar-refractivity contribution in [3.05, 3.63) is 81.5 Å². The van der Waals surface area contributed by atoms with Crippen LogP contribution in [0.1, 0.15) is 0 Å². The number of nitrogens with one attached hydrogen (secondary N) is 1. The fraction of sp³-hybridized carbons (Fsp3) is 0.0588. The summed E-state index contributed by atoms with van der Waals surface area (Å²) in [7, 11) is 1.47. The molecule has 0 saturated heterocycles. The van der Waals surface area contributed by atoms with Crippen molar-refractivity contribution in [2.24, 2.45) is 7.05 Å². The Morgan fingerprint density at radius 1 is 0.913 bits per heavy atom. The number of hydrogen-bond donors (Lipinski definition) is 2. The Morgan fingerprint density at radius 2 is 1.52 bits per heavy atom. The summed E-state index contributed by atoms with van der Waals surface area (Å²) in [5, 5.41) is 12.3. The van der Waals surface area contributed by atoms with Gasteiger partial charge in [0, 0.05) is 18.8 Å². The van der Waals surface area contributed by atoms with Crippen molar-refractivity contribution in [2.45, 2.75) is 0 Å². The molecular weight excluding hydrogens is 294 g/mol. The zero-order chi connectivity index (χ0) is 16.4. The number of anilines is 2. The van der Waals surface area contributed by atoms with Crippen LogP contribution in [-0.2, 0) is 7.05 Å². The highest BCUT2D eigenvalue weighted by atomic mass is 16.5. The maximum absolute atomic E-state index is 11.7. The van der Waals surface area contributed by atoms with Crippen LogP contribution in [0.15, 0.2) is 70.3 Å². The number of hydrogen-bond acceptors (Lipinski definition) is 4. The summed E-state index contributed by atoms with van der Waals surface area (Å²) in [6, 6.07) is 18.7. The van der Waals surface area contributed by atoms with E-state index in [0.29, 0.717) is 5.82 Å². The predicted molar refractivity (Wildman–Crippen MR) is 88.3 cm³/mol. The standard InChI is InChI=1S/C17H15N3O3/c1-19-15(11-16(21)20(23)17(19)22)18-14-9-7-13(8-10-14)12-5-3-2-4-6-12/h2-11,18,23H,1H3. The molecule has 0 bridgehead atoms. The minimum Gasteiger partial charge on any atom is -0.421 e. The Labute approximate surface area is 131 Å². The van der Waals surface area contributed by atoms with E-state index in [1.807, 2.05) is 54.6 Å². The first-order valence-corrected chi connectivity index (χ1v) is 7.01. The Hall–Kier alpha value is -3.28. The number of aromatic nitrogens is 2. The van der Waals surface area contributed by atoms with Gasteiger partial charge in [0.25, 0.3) is 5.56 Å². The molecule has 6 nitrogen and oxygen atoms in total. The molecule has 2 N–H and O–H groups in total. The van der Waals surface area contributed by atoms with Gasteiger partial charge in [-0.25, -0.2) is 4.79 Å². The first-order valence-electron chi connectivity index (χ1n) is 7.01. The van der Waals surface area contributed by atoms with Gasteiger partial charge in [-0.15, -0.1) is 0 Å². The van der Waals surface area contributed by atoms with E-state index in [9.17, 15) is 14.8 Å². The van der Waals surface area contributed by atoms with E-state index in [4.69, 9.17) is 0 Å². The van der Waals surface area contributed by atoms with E-state index in [-0.39, 0.29) is 4.73 Å². The summed E-state index contributed by atoms with van der Waals surface area (Å²) in [5.41, 5.74) is 1.32. The van der Waals surface area contributed by atoms with Gasteiger partial charge >= 0.3 is 5.69 Å². The maximum Gasteiger partial charge on any atom is 0.365 e. The van der Waals surface area contributed by atoms with Gasteiger partial charge < -0.3 is 10.5 Å². The maximum atomic E-state index is 11.7. The Balaban J connectivity index is 1.90. The summed E-state index contributed by atoms with van der Waals surface area (Å²) in [5.74, 6) is 0.303. The third kappa shape index (κ3) is 2.87. The van der Waals surface area contributed by atoms with Gasteiger partial charge in [-0.1, -0.05) is 47.2 Å². The minimum atomic E-state index is -0.805. The zero-order valence-corrected chi connectivity index (χ0v) is 12.4.